The molecule has 13 heteroatoms. The van der Waals surface area contributed by atoms with Gasteiger partial charge in [-0.05, 0) is 55.6 Å². The lowest BCUT2D eigenvalue weighted by Crippen LogP contribution is -2.46. The standard InChI is InChI=1S/C24H23FN6O4S2/c1-30-10-12-31(13-11-30)37(34,35)19-8-6-18(7-9-19)27-21(32)15-36-24-28-22(20(14-26)23(33)29-24)16-2-4-17(25)5-3-16/h2-9H,10-13,15H2,1H3,(H,27,32)(H,28,29,33). The maximum atomic E-state index is 13.3. The molecule has 3 aromatic rings. The monoisotopic (exact) mass is 542 g/mol. The van der Waals surface area contributed by atoms with E-state index in [1.807, 2.05) is 7.05 Å². The molecule has 0 spiro atoms. The zero-order valence-corrected chi connectivity index (χ0v) is 21.4. The van der Waals surface area contributed by atoms with Crippen LogP contribution in [-0.4, -0.2) is 72.5 Å². The number of sulfonamides is 1. The molecule has 1 fully saturated rings. The summed E-state index contributed by atoms with van der Waals surface area (Å²) in [5, 5.41) is 12.1. The molecule has 0 unspecified atom stereocenters. The molecule has 1 aromatic heterocycles. The van der Waals surface area contributed by atoms with Gasteiger partial charge in [0.2, 0.25) is 15.9 Å². The second kappa shape index (κ2) is 11.2. The second-order valence-corrected chi connectivity index (χ2v) is 11.2. The fraction of sp³-hybridized carbons (Fsp3) is 0.250. The summed E-state index contributed by atoms with van der Waals surface area (Å²) in [6, 6.07) is 12.9. The first-order chi connectivity index (χ1) is 17.7. The Bertz CT molecular complexity index is 1490. The minimum Gasteiger partial charge on any atom is -0.325 e. The van der Waals surface area contributed by atoms with Crippen molar-refractivity contribution in [2.45, 2.75) is 10.1 Å². The molecule has 0 atom stereocenters. The van der Waals surface area contributed by atoms with Crippen molar-refractivity contribution in [1.82, 2.24) is 19.2 Å². The molecule has 0 aliphatic carbocycles. The van der Waals surface area contributed by atoms with Gasteiger partial charge < -0.3 is 15.2 Å². The third-order valence-corrected chi connectivity index (χ3v) is 8.49. The molecule has 2 N–H and O–H groups in total. The first-order valence-corrected chi connectivity index (χ1v) is 13.6. The van der Waals surface area contributed by atoms with Crippen molar-refractivity contribution in [3.05, 3.63) is 70.3 Å². The van der Waals surface area contributed by atoms with Crippen LogP contribution in [0.25, 0.3) is 11.3 Å². The van der Waals surface area contributed by atoms with Gasteiger partial charge in [0.1, 0.15) is 17.4 Å². The van der Waals surface area contributed by atoms with Crippen molar-refractivity contribution >= 4 is 33.4 Å². The van der Waals surface area contributed by atoms with E-state index in [0.717, 1.165) is 11.8 Å². The van der Waals surface area contributed by atoms with Gasteiger partial charge in [-0.15, -0.1) is 0 Å². The lowest BCUT2D eigenvalue weighted by Gasteiger charge is -2.31. The van der Waals surface area contributed by atoms with Crippen LogP contribution in [0.15, 0.2) is 63.4 Å². The molecule has 4 rings (SSSR count). The van der Waals surface area contributed by atoms with E-state index in [1.165, 1.54) is 52.8 Å². The van der Waals surface area contributed by atoms with Crippen LogP contribution in [-0.2, 0) is 14.8 Å². The largest absolute Gasteiger partial charge is 0.325 e. The fourth-order valence-corrected chi connectivity index (χ4v) is 5.74. The van der Waals surface area contributed by atoms with E-state index in [0.29, 0.717) is 37.4 Å². The van der Waals surface area contributed by atoms with Gasteiger partial charge in [0, 0.05) is 37.4 Å². The number of thioether (sulfide) groups is 1. The van der Waals surface area contributed by atoms with Crippen LogP contribution < -0.4 is 10.9 Å². The van der Waals surface area contributed by atoms with Gasteiger partial charge >= 0.3 is 0 Å². The molecule has 2 aromatic carbocycles. The van der Waals surface area contributed by atoms with Crippen molar-refractivity contribution in [2.75, 3.05) is 44.3 Å². The molecular weight excluding hydrogens is 519 g/mol. The van der Waals surface area contributed by atoms with E-state index in [2.05, 4.69) is 20.2 Å². The van der Waals surface area contributed by atoms with E-state index >= 15 is 0 Å². The highest BCUT2D eigenvalue weighted by Gasteiger charge is 2.27. The smallest absolute Gasteiger partial charge is 0.270 e. The van der Waals surface area contributed by atoms with E-state index in [9.17, 15) is 27.7 Å². The Labute approximate surface area is 217 Å². The minimum absolute atomic E-state index is 0.0892. The molecule has 1 aliphatic heterocycles. The SMILES string of the molecule is CN1CCN(S(=O)(=O)c2ccc(NC(=O)CSc3nc(-c4ccc(F)cc4)c(C#N)c(=O)[nH]3)cc2)CC1. The molecule has 10 nitrogen and oxygen atoms in total. The number of nitriles is 1. The number of piperazine rings is 1. The number of aromatic nitrogens is 2. The number of nitrogens with zero attached hydrogens (tertiary/aromatic N) is 4. The number of hydrogen-bond acceptors (Lipinski definition) is 8. The summed E-state index contributed by atoms with van der Waals surface area (Å²) in [7, 11) is -1.67. The van der Waals surface area contributed by atoms with Crippen molar-refractivity contribution in [1.29, 1.82) is 5.26 Å². The predicted octanol–water partition coefficient (Wildman–Crippen LogP) is 2.11. The van der Waals surface area contributed by atoms with Crippen molar-refractivity contribution in [3.8, 4) is 17.3 Å². The number of nitrogens with one attached hydrogen (secondary N) is 2. The summed E-state index contributed by atoms with van der Waals surface area (Å²) in [5.41, 5.74) is 0.00777. The fourth-order valence-electron chi connectivity index (χ4n) is 3.66. The van der Waals surface area contributed by atoms with Crippen LogP contribution in [0.2, 0.25) is 0 Å². The van der Waals surface area contributed by atoms with Gasteiger partial charge in [-0.2, -0.15) is 9.57 Å². The number of carbonyl (C=O) groups excluding carboxylic acids is 1. The molecule has 2 heterocycles. The minimum atomic E-state index is -3.61. The highest BCUT2D eigenvalue weighted by molar-refractivity contribution is 7.99. The highest BCUT2D eigenvalue weighted by Crippen LogP contribution is 2.23. The Hall–Kier alpha value is -3.57. The molecule has 0 saturated carbocycles. The molecular formula is C24H23FN6O4S2. The van der Waals surface area contributed by atoms with Gasteiger partial charge in [-0.25, -0.2) is 17.8 Å². The van der Waals surface area contributed by atoms with Gasteiger partial charge in [-0.1, -0.05) is 11.8 Å². The average molecular weight is 543 g/mol. The number of H-pyrrole nitrogens is 1. The summed E-state index contributed by atoms with van der Waals surface area (Å²) in [6.45, 7) is 2.16. The van der Waals surface area contributed by atoms with Crippen LogP contribution in [0, 0.1) is 17.1 Å². The van der Waals surface area contributed by atoms with E-state index < -0.39 is 27.3 Å². The zero-order valence-electron chi connectivity index (χ0n) is 19.8. The lowest BCUT2D eigenvalue weighted by molar-refractivity contribution is -0.113. The number of rotatable bonds is 7. The van der Waals surface area contributed by atoms with E-state index in [1.54, 1.807) is 6.07 Å². The van der Waals surface area contributed by atoms with E-state index in [-0.39, 0.29) is 27.1 Å². The number of benzene rings is 2. The highest BCUT2D eigenvalue weighted by atomic mass is 32.2. The third-order valence-electron chi connectivity index (χ3n) is 5.71. The maximum absolute atomic E-state index is 13.3. The van der Waals surface area contributed by atoms with E-state index in [4.69, 9.17) is 0 Å². The van der Waals surface area contributed by atoms with Crippen LogP contribution in [0.3, 0.4) is 0 Å². The Balaban J connectivity index is 1.41. The normalized spacial score (nSPS) is 14.7. The Kier molecular flexibility index (Phi) is 8.03. The van der Waals surface area contributed by atoms with Crippen LogP contribution >= 0.6 is 11.8 Å². The first-order valence-electron chi connectivity index (χ1n) is 11.2. The molecule has 1 saturated heterocycles. The molecule has 192 valence electrons. The number of anilines is 1. The molecule has 1 amide bonds. The molecule has 37 heavy (non-hydrogen) atoms. The Morgan fingerprint density at radius 2 is 1.78 bits per heavy atom. The summed E-state index contributed by atoms with van der Waals surface area (Å²) in [5.74, 6) is -0.989. The number of halogens is 1. The summed E-state index contributed by atoms with van der Waals surface area (Å²) in [6.07, 6.45) is 0. The van der Waals surface area contributed by atoms with Gasteiger partial charge in [0.25, 0.3) is 5.56 Å². The summed E-state index contributed by atoms with van der Waals surface area (Å²) >= 11 is 0.951. The van der Waals surface area contributed by atoms with Gasteiger partial charge in [0.15, 0.2) is 5.16 Å². The lowest BCUT2D eigenvalue weighted by atomic mass is 10.1. The number of amides is 1. The first kappa shape index (κ1) is 26.5. The van der Waals surface area contributed by atoms with Crippen molar-refractivity contribution in [2.24, 2.45) is 0 Å². The number of hydrogen-bond donors (Lipinski definition) is 2. The molecule has 0 radical (unpaired) electrons. The maximum Gasteiger partial charge on any atom is 0.270 e. The quantitative estimate of drug-likeness (QED) is 0.342. The molecule has 0 bridgehead atoms. The second-order valence-electron chi connectivity index (χ2n) is 8.28. The molecule has 1 aliphatic rings. The number of likely N-dealkylation sites (N-methyl/N-ethyl adjacent to an activating group) is 1. The van der Waals surface area contributed by atoms with Gasteiger partial charge in [-0.3, -0.25) is 9.59 Å². The summed E-state index contributed by atoms with van der Waals surface area (Å²) in [4.78, 5) is 33.8. The van der Waals surface area contributed by atoms with Crippen molar-refractivity contribution in [3.63, 3.8) is 0 Å². The average Bonchev–Trinajstić information content (AvgIpc) is 2.88. The van der Waals surface area contributed by atoms with Crippen LogP contribution in [0.4, 0.5) is 10.1 Å². The van der Waals surface area contributed by atoms with Gasteiger partial charge in [0.05, 0.1) is 16.3 Å². The Morgan fingerprint density at radius 1 is 1.14 bits per heavy atom. The van der Waals surface area contributed by atoms with Crippen LogP contribution in [0.1, 0.15) is 5.56 Å². The third kappa shape index (κ3) is 6.23. The Morgan fingerprint density at radius 3 is 2.41 bits per heavy atom. The zero-order chi connectivity index (χ0) is 26.6. The topological polar surface area (TPSA) is 139 Å². The summed E-state index contributed by atoms with van der Waals surface area (Å²) < 4.78 is 40.4. The van der Waals surface area contributed by atoms with Crippen molar-refractivity contribution < 1.29 is 17.6 Å². The predicted molar refractivity (Wildman–Crippen MR) is 137 cm³/mol. The number of carbonyl (C=O) groups is 1. The van der Waals surface area contributed by atoms with Crippen LogP contribution in [0.5, 0.6) is 0 Å². The number of aromatic amines is 1.